The van der Waals surface area contributed by atoms with Gasteiger partial charge in [0.1, 0.15) is 17.2 Å². The maximum atomic E-state index is 12.2. The van der Waals surface area contributed by atoms with E-state index in [1.165, 1.54) is 29.5 Å². The molecular weight excluding hydrogens is 355 g/mol. The second kappa shape index (κ2) is 6.60. The van der Waals surface area contributed by atoms with Gasteiger partial charge in [0, 0.05) is 4.70 Å². The van der Waals surface area contributed by atoms with Crippen LogP contribution in [0.2, 0.25) is 0 Å². The monoisotopic (exact) mass is 365 g/mol. The standard InChI is InChI=1S/C16H10F3N3O2S/c17-16(18,19)8-20-14(24)10-5-3-6-11(21-10)15-22-13(23)9-4-1-2-7-12(9)25-15/h1-7H,8H2,(H,20,24). The number of aromatic nitrogens is 2. The average molecular weight is 365 g/mol. The summed E-state index contributed by atoms with van der Waals surface area (Å²) >= 11 is 1.21. The molecule has 2 heterocycles. The minimum absolute atomic E-state index is 0.184. The molecule has 0 aliphatic carbocycles. The zero-order valence-corrected chi connectivity index (χ0v) is 13.3. The Labute approximate surface area is 143 Å². The van der Waals surface area contributed by atoms with Crippen LogP contribution in [0.25, 0.3) is 20.8 Å². The Morgan fingerprint density at radius 3 is 2.60 bits per heavy atom. The van der Waals surface area contributed by atoms with E-state index in [0.717, 1.165) is 0 Å². The minimum atomic E-state index is -4.51. The van der Waals surface area contributed by atoms with E-state index in [4.69, 9.17) is 0 Å². The fourth-order valence-corrected chi connectivity index (χ4v) is 3.04. The predicted octanol–water partition coefficient (Wildman–Crippen LogP) is 3.01. The molecule has 0 spiro atoms. The van der Waals surface area contributed by atoms with Gasteiger partial charge < -0.3 is 5.32 Å². The van der Waals surface area contributed by atoms with Crippen LogP contribution in [0.15, 0.2) is 47.3 Å². The summed E-state index contributed by atoms with van der Waals surface area (Å²) in [5, 5.41) is 2.51. The van der Waals surface area contributed by atoms with E-state index >= 15 is 0 Å². The highest BCUT2D eigenvalue weighted by Gasteiger charge is 2.28. The number of amides is 1. The summed E-state index contributed by atoms with van der Waals surface area (Å²) < 4.78 is 37.3. The lowest BCUT2D eigenvalue weighted by molar-refractivity contribution is -0.123. The van der Waals surface area contributed by atoms with E-state index < -0.39 is 24.2 Å². The molecule has 1 amide bonds. The van der Waals surface area contributed by atoms with Gasteiger partial charge in [0.05, 0.1) is 11.1 Å². The molecule has 25 heavy (non-hydrogen) atoms. The van der Waals surface area contributed by atoms with Gasteiger partial charge in [-0.15, -0.1) is 11.3 Å². The Kier molecular flexibility index (Phi) is 4.49. The molecule has 0 fully saturated rings. The SMILES string of the molecule is O=C(NCC(F)(F)F)c1cccc(-c2nc(=O)c3ccccc3s2)n1. The Bertz CT molecular complexity index is 1000. The van der Waals surface area contributed by atoms with Gasteiger partial charge in [-0.25, -0.2) is 4.98 Å². The van der Waals surface area contributed by atoms with Gasteiger partial charge in [-0.1, -0.05) is 18.2 Å². The molecule has 0 unspecified atom stereocenters. The van der Waals surface area contributed by atoms with Crippen molar-refractivity contribution in [1.29, 1.82) is 0 Å². The largest absolute Gasteiger partial charge is 0.405 e. The third kappa shape index (κ3) is 4.00. The first-order valence-electron chi connectivity index (χ1n) is 7.06. The van der Waals surface area contributed by atoms with Gasteiger partial charge >= 0.3 is 6.18 Å². The van der Waals surface area contributed by atoms with Crippen molar-refractivity contribution in [2.24, 2.45) is 0 Å². The molecule has 1 aromatic carbocycles. The zero-order chi connectivity index (χ0) is 18.0. The third-order valence-corrected chi connectivity index (χ3v) is 4.25. The molecule has 3 rings (SSSR count). The highest BCUT2D eigenvalue weighted by molar-refractivity contribution is 7.21. The van der Waals surface area contributed by atoms with Gasteiger partial charge in [-0.05, 0) is 24.3 Å². The molecule has 0 radical (unpaired) electrons. The van der Waals surface area contributed by atoms with Crippen molar-refractivity contribution >= 4 is 27.3 Å². The van der Waals surface area contributed by atoms with Crippen molar-refractivity contribution in [3.63, 3.8) is 0 Å². The number of halogens is 3. The maximum absolute atomic E-state index is 12.2. The van der Waals surface area contributed by atoms with E-state index in [-0.39, 0.29) is 16.4 Å². The van der Waals surface area contributed by atoms with E-state index in [2.05, 4.69) is 9.97 Å². The number of carbonyl (C=O) groups excluding carboxylic acids is 1. The Morgan fingerprint density at radius 1 is 1.08 bits per heavy atom. The lowest BCUT2D eigenvalue weighted by atomic mass is 10.2. The zero-order valence-electron chi connectivity index (χ0n) is 12.5. The van der Waals surface area contributed by atoms with E-state index in [9.17, 15) is 22.8 Å². The van der Waals surface area contributed by atoms with Gasteiger partial charge in [0.15, 0.2) is 0 Å². The number of nitrogens with zero attached hydrogens (tertiary/aromatic N) is 2. The molecular formula is C16H10F3N3O2S. The highest BCUT2D eigenvalue weighted by Crippen LogP contribution is 2.24. The lowest BCUT2D eigenvalue weighted by Crippen LogP contribution is -2.34. The molecule has 128 valence electrons. The summed E-state index contributed by atoms with van der Waals surface area (Å²) in [5.74, 6) is -0.952. The highest BCUT2D eigenvalue weighted by atomic mass is 32.1. The molecule has 0 bridgehead atoms. The molecule has 0 saturated carbocycles. The normalized spacial score (nSPS) is 11.5. The Morgan fingerprint density at radius 2 is 1.84 bits per heavy atom. The number of pyridine rings is 1. The molecule has 1 N–H and O–H groups in total. The number of hydrogen-bond acceptors (Lipinski definition) is 5. The van der Waals surface area contributed by atoms with Crippen LogP contribution in [0.1, 0.15) is 10.5 Å². The topological polar surface area (TPSA) is 72.0 Å². The number of hydrogen-bond donors (Lipinski definition) is 1. The van der Waals surface area contributed by atoms with E-state index in [1.54, 1.807) is 29.6 Å². The van der Waals surface area contributed by atoms with E-state index in [0.29, 0.717) is 10.1 Å². The number of fused-ring (bicyclic) bond motifs is 1. The van der Waals surface area contributed by atoms with Crippen LogP contribution in [-0.4, -0.2) is 28.6 Å². The molecule has 9 heteroatoms. The van der Waals surface area contributed by atoms with Crippen LogP contribution in [0.5, 0.6) is 0 Å². The van der Waals surface area contributed by atoms with E-state index in [1.807, 2.05) is 0 Å². The quantitative estimate of drug-likeness (QED) is 0.775. The predicted molar refractivity (Wildman–Crippen MR) is 87.5 cm³/mol. The molecule has 0 atom stereocenters. The average Bonchev–Trinajstić information content (AvgIpc) is 2.59. The fraction of sp³-hybridized carbons (Fsp3) is 0.125. The summed E-state index contributed by atoms with van der Waals surface area (Å²) in [7, 11) is 0. The van der Waals surface area contributed by atoms with Crippen molar-refractivity contribution in [3.8, 4) is 10.7 Å². The van der Waals surface area contributed by atoms with Crippen LogP contribution in [0.4, 0.5) is 13.2 Å². The summed E-state index contributed by atoms with van der Waals surface area (Å²) in [4.78, 5) is 31.8. The van der Waals surface area contributed by atoms with Crippen LogP contribution in [0, 0.1) is 0 Å². The number of rotatable bonds is 3. The summed E-state index contributed by atoms with van der Waals surface area (Å²) in [6.07, 6.45) is -4.51. The van der Waals surface area contributed by atoms with Gasteiger partial charge in [-0.2, -0.15) is 18.2 Å². The molecule has 3 aromatic rings. The van der Waals surface area contributed by atoms with Crippen LogP contribution >= 0.6 is 11.3 Å². The Hall–Kier alpha value is -2.81. The van der Waals surface area contributed by atoms with Crippen molar-refractivity contribution in [1.82, 2.24) is 15.3 Å². The first kappa shape index (κ1) is 17.0. The van der Waals surface area contributed by atoms with Crippen molar-refractivity contribution < 1.29 is 18.0 Å². The van der Waals surface area contributed by atoms with Crippen molar-refractivity contribution in [3.05, 3.63) is 58.5 Å². The number of alkyl halides is 3. The summed E-state index contributed by atoms with van der Waals surface area (Å²) in [6, 6.07) is 11.2. The third-order valence-electron chi connectivity index (χ3n) is 3.18. The molecule has 5 nitrogen and oxygen atoms in total. The van der Waals surface area contributed by atoms with Crippen molar-refractivity contribution in [2.75, 3.05) is 6.54 Å². The van der Waals surface area contributed by atoms with Crippen LogP contribution in [0.3, 0.4) is 0 Å². The van der Waals surface area contributed by atoms with Crippen LogP contribution < -0.4 is 10.9 Å². The number of carbonyl (C=O) groups is 1. The van der Waals surface area contributed by atoms with Crippen molar-refractivity contribution in [2.45, 2.75) is 6.18 Å². The summed E-state index contributed by atoms with van der Waals surface area (Å²) in [6.45, 7) is -1.45. The molecule has 0 saturated heterocycles. The van der Waals surface area contributed by atoms with Gasteiger partial charge in [0.25, 0.3) is 11.5 Å². The maximum Gasteiger partial charge on any atom is 0.405 e. The smallest absolute Gasteiger partial charge is 0.342 e. The minimum Gasteiger partial charge on any atom is -0.342 e. The lowest BCUT2D eigenvalue weighted by Gasteiger charge is -2.08. The number of benzene rings is 1. The molecule has 0 aliphatic heterocycles. The summed E-state index contributed by atoms with van der Waals surface area (Å²) in [5.41, 5.74) is -0.373. The Balaban J connectivity index is 1.94. The first-order chi connectivity index (χ1) is 11.8. The fourth-order valence-electron chi connectivity index (χ4n) is 2.07. The van der Waals surface area contributed by atoms with Gasteiger partial charge in [0.2, 0.25) is 0 Å². The molecule has 0 aliphatic rings. The number of nitrogens with one attached hydrogen (secondary N) is 1. The second-order valence-corrected chi connectivity index (χ2v) is 6.06. The second-order valence-electron chi connectivity index (χ2n) is 5.03. The van der Waals surface area contributed by atoms with Crippen LogP contribution in [-0.2, 0) is 0 Å². The molecule has 2 aromatic heterocycles. The first-order valence-corrected chi connectivity index (χ1v) is 7.87. The van der Waals surface area contributed by atoms with Gasteiger partial charge in [-0.3, -0.25) is 9.59 Å².